The summed E-state index contributed by atoms with van der Waals surface area (Å²) in [5.41, 5.74) is 8.49. The average molecular weight is 207 g/mol. The van der Waals surface area contributed by atoms with Gasteiger partial charge >= 0.3 is 0 Å². The Labute approximate surface area is 90.6 Å². The van der Waals surface area contributed by atoms with Crippen LogP contribution in [0.4, 0.5) is 0 Å². The number of allylic oxidation sites excluding steroid dienone is 2. The topological polar surface area (TPSA) is 0 Å². The number of benzene rings is 1. The number of alkyl halides is 1. The van der Waals surface area contributed by atoms with E-state index in [0.717, 1.165) is 6.42 Å². The van der Waals surface area contributed by atoms with Crippen molar-refractivity contribution in [2.75, 3.05) is 0 Å². The molecule has 1 aromatic carbocycles. The van der Waals surface area contributed by atoms with Crippen molar-refractivity contribution in [2.45, 2.75) is 33.1 Å². The molecule has 0 heterocycles. The van der Waals surface area contributed by atoms with Crippen molar-refractivity contribution < 1.29 is 0 Å². The predicted octanol–water partition coefficient (Wildman–Crippen LogP) is 4.08. The minimum absolute atomic E-state index is 0.618. The summed E-state index contributed by atoms with van der Waals surface area (Å²) in [6.45, 7) is 6.60. The first kappa shape index (κ1) is 9.79. The van der Waals surface area contributed by atoms with Crippen molar-refractivity contribution in [3.63, 3.8) is 0 Å². The van der Waals surface area contributed by atoms with Gasteiger partial charge in [-0.1, -0.05) is 17.7 Å². The molecule has 0 atom stereocenters. The third kappa shape index (κ3) is 1.29. The largest absolute Gasteiger partial charge is 0.122 e. The third-order valence-electron chi connectivity index (χ3n) is 3.23. The number of hydrogen-bond donors (Lipinski definition) is 0. The van der Waals surface area contributed by atoms with E-state index in [9.17, 15) is 0 Å². The minimum Gasteiger partial charge on any atom is -0.122 e. The molecule has 0 nitrogen and oxygen atoms in total. The maximum Gasteiger partial charge on any atom is 0.0480 e. The molecule has 0 bridgehead atoms. The quantitative estimate of drug-likeness (QED) is 0.608. The molecule has 1 aromatic rings. The highest BCUT2D eigenvalue weighted by Gasteiger charge is 2.19. The van der Waals surface area contributed by atoms with Crippen LogP contribution < -0.4 is 0 Å². The van der Waals surface area contributed by atoms with E-state index < -0.39 is 0 Å². The molecule has 0 unspecified atom stereocenters. The van der Waals surface area contributed by atoms with Gasteiger partial charge in [-0.05, 0) is 55.0 Å². The highest BCUT2D eigenvalue weighted by Crippen LogP contribution is 2.37. The van der Waals surface area contributed by atoms with Gasteiger partial charge in [0.1, 0.15) is 0 Å². The number of rotatable bonds is 1. The molecule has 0 N–H and O–H groups in total. The minimum atomic E-state index is 0.618. The van der Waals surface area contributed by atoms with E-state index in [0.29, 0.717) is 5.88 Å². The number of halogens is 1. The van der Waals surface area contributed by atoms with Gasteiger partial charge in [-0.3, -0.25) is 0 Å². The number of aryl methyl sites for hydroxylation is 1. The molecule has 0 fully saturated rings. The Hall–Kier alpha value is -0.750. The fraction of sp³-hybridized carbons (Fsp3) is 0.385. The molecule has 0 saturated carbocycles. The molecule has 1 aliphatic carbocycles. The lowest BCUT2D eigenvalue weighted by Gasteiger charge is -2.09. The Morgan fingerprint density at radius 3 is 2.57 bits per heavy atom. The van der Waals surface area contributed by atoms with Crippen molar-refractivity contribution in [1.82, 2.24) is 0 Å². The zero-order valence-electron chi connectivity index (χ0n) is 8.95. The van der Waals surface area contributed by atoms with Crippen LogP contribution in [-0.2, 0) is 12.3 Å². The second-order valence-corrected chi connectivity index (χ2v) is 4.38. The summed E-state index contributed by atoms with van der Waals surface area (Å²) in [5.74, 6) is 0.618. The van der Waals surface area contributed by atoms with Crippen LogP contribution in [0.5, 0.6) is 0 Å². The molecule has 74 valence electrons. The van der Waals surface area contributed by atoms with Crippen LogP contribution in [0.15, 0.2) is 17.7 Å². The Kier molecular flexibility index (Phi) is 2.40. The van der Waals surface area contributed by atoms with E-state index in [1.807, 2.05) is 0 Å². The van der Waals surface area contributed by atoms with Gasteiger partial charge in [0.2, 0.25) is 0 Å². The lowest BCUT2D eigenvalue weighted by molar-refractivity contribution is 1.15. The van der Waals surface area contributed by atoms with Crippen molar-refractivity contribution in [1.29, 1.82) is 0 Å². The summed E-state index contributed by atoms with van der Waals surface area (Å²) < 4.78 is 0. The standard InChI is InChI=1S/C13H15Cl/c1-8-4-5-11(7-14)13-10(3)9(2)6-12(8)13/h4-5H,6-7H2,1-3H3. The summed E-state index contributed by atoms with van der Waals surface area (Å²) in [4.78, 5) is 0. The molecule has 0 aliphatic heterocycles. The first-order valence-electron chi connectivity index (χ1n) is 4.99. The highest BCUT2D eigenvalue weighted by molar-refractivity contribution is 6.17. The van der Waals surface area contributed by atoms with Gasteiger partial charge < -0.3 is 0 Å². The van der Waals surface area contributed by atoms with Gasteiger partial charge in [0, 0.05) is 5.88 Å². The van der Waals surface area contributed by atoms with Crippen LogP contribution >= 0.6 is 11.6 Å². The molecule has 2 rings (SSSR count). The fourth-order valence-electron chi connectivity index (χ4n) is 2.22. The fourth-order valence-corrected chi connectivity index (χ4v) is 2.44. The lowest BCUT2D eigenvalue weighted by atomic mass is 9.97. The zero-order valence-corrected chi connectivity index (χ0v) is 9.70. The molecule has 0 aromatic heterocycles. The van der Waals surface area contributed by atoms with Crippen LogP contribution in [0, 0.1) is 6.92 Å². The Bertz CT molecular complexity index is 413. The maximum absolute atomic E-state index is 5.95. The van der Waals surface area contributed by atoms with Gasteiger partial charge in [-0.15, -0.1) is 11.6 Å². The van der Waals surface area contributed by atoms with Crippen molar-refractivity contribution >= 4 is 17.2 Å². The van der Waals surface area contributed by atoms with Gasteiger partial charge in [0.05, 0.1) is 0 Å². The Balaban J connectivity index is 2.68. The first-order valence-corrected chi connectivity index (χ1v) is 5.52. The Morgan fingerprint density at radius 2 is 1.93 bits per heavy atom. The number of hydrogen-bond acceptors (Lipinski definition) is 0. The molecule has 0 saturated heterocycles. The van der Waals surface area contributed by atoms with Gasteiger partial charge in [0.25, 0.3) is 0 Å². The molecule has 14 heavy (non-hydrogen) atoms. The molecular weight excluding hydrogens is 192 g/mol. The molecular formula is C13H15Cl. The van der Waals surface area contributed by atoms with E-state index >= 15 is 0 Å². The van der Waals surface area contributed by atoms with Gasteiger partial charge in [-0.25, -0.2) is 0 Å². The van der Waals surface area contributed by atoms with E-state index in [4.69, 9.17) is 11.6 Å². The Morgan fingerprint density at radius 1 is 1.21 bits per heavy atom. The van der Waals surface area contributed by atoms with Crippen molar-refractivity contribution in [3.05, 3.63) is 40.0 Å². The monoisotopic (exact) mass is 206 g/mol. The molecule has 0 spiro atoms. The second-order valence-electron chi connectivity index (χ2n) is 4.11. The van der Waals surface area contributed by atoms with Gasteiger partial charge in [-0.2, -0.15) is 0 Å². The van der Waals surface area contributed by atoms with Crippen LogP contribution in [-0.4, -0.2) is 0 Å². The molecule has 1 aliphatic rings. The van der Waals surface area contributed by atoms with Crippen LogP contribution in [0.1, 0.15) is 36.1 Å². The summed E-state index contributed by atoms with van der Waals surface area (Å²) in [6, 6.07) is 4.34. The lowest BCUT2D eigenvalue weighted by Crippen LogP contribution is -1.94. The smallest absolute Gasteiger partial charge is 0.0480 e. The average Bonchev–Trinajstić information content (AvgIpc) is 2.47. The van der Waals surface area contributed by atoms with Crippen LogP contribution in [0.3, 0.4) is 0 Å². The normalized spacial score (nSPS) is 14.9. The summed E-state index contributed by atoms with van der Waals surface area (Å²) in [7, 11) is 0. The third-order valence-corrected chi connectivity index (χ3v) is 3.52. The van der Waals surface area contributed by atoms with E-state index in [2.05, 4.69) is 32.9 Å². The molecule has 0 amide bonds. The summed E-state index contributed by atoms with van der Waals surface area (Å²) in [5, 5.41) is 0. The second kappa shape index (κ2) is 3.43. The van der Waals surface area contributed by atoms with Crippen molar-refractivity contribution in [2.24, 2.45) is 0 Å². The van der Waals surface area contributed by atoms with E-state index in [1.165, 1.54) is 33.4 Å². The van der Waals surface area contributed by atoms with Crippen molar-refractivity contribution in [3.8, 4) is 0 Å². The van der Waals surface area contributed by atoms with E-state index in [1.54, 1.807) is 0 Å². The van der Waals surface area contributed by atoms with Crippen LogP contribution in [0.2, 0.25) is 0 Å². The summed E-state index contributed by atoms with van der Waals surface area (Å²) >= 11 is 5.95. The zero-order chi connectivity index (χ0) is 10.3. The highest BCUT2D eigenvalue weighted by atomic mass is 35.5. The SMILES string of the molecule is CC1=C(C)c2c(CCl)ccc(C)c2C1. The predicted molar refractivity (Wildman–Crippen MR) is 62.7 cm³/mol. The summed E-state index contributed by atoms with van der Waals surface area (Å²) in [6.07, 6.45) is 1.11. The maximum atomic E-state index is 5.95. The van der Waals surface area contributed by atoms with Crippen LogP contribution in [0.25, 0.3) is 5.57 Å². The first-order chi connectivity index (χ1) is 6.65. The molecule has 0 radical (unpaired) electrons. The van der Waals surface area contributed by atoms with E-state index in [-0.39, 0.29) is 0 Å². The number of fused-ring (bicyclic) bond motifs is 1. The van der Waals surface area contributed by atoms with Gasteiger partial charge in [0.15, 0.2) is 0 Å². The molecule has 1 heteroatoms.